The Labute approximate surface area is 116 Å². The van der Waals surface area contributed by atoms with Crippen molar-refractivity contribution in [2.24, 2.45) is 0 Å². The number of halogens is 1. The van der Waals surface area contributed by atoms with Crippen LogP contribution in [0.2, 0.25) is 0 Å². The lowest BCUT2D eigenvalue weighted by molar-refractivity contribution is 0.0576. The first-order valence-corrected chi connectivity index (χ1v) is 6.40. The van der Waals surface area contributed by atoms with Gasteiger partial charge < -0.3 is 10.2 Å². The molecule has 0 saturated heterocycles. The number of carbonyl (C=O) groups is 1. The van der Waals surface area contributed by atoms with Crippen LogP contribution in [-0.4, -0.2) is 31.6 Å². The van der Waals surface area contributed by atoms with Crippen molar-refractivity contribution in [2.45, 2.75) is 39.8 Å². The van der Waals surface area contributed by atoms with Gasteiger partial charge in [0.15, 0.2) is 5.69 Å². The van der Waals surface area contributed by atoms with Crippen molar-refractivity contribution in [3.05, 3.63) is 29.7 Å². The molecule has 0 fully saturated rings. The second-order valence-corrected chi connectivity index (χ2v) is 4.79. The van der Waals surface area contributed by atoms with E-state index in [4.69, 9.17) is 5.11 Å². The molecule has 2 N–H and O–H groups in total. The quantitative estimate of drug-likeness (QED) is 0.907. The number of aromatic carboxylic acids is 1. The summed E-state index contributed by atoms with van der Waals surface area (Å²) in [5.74, 6) is -1.74. The normalized spacial score (nSPS) is 11.1. The first-order chi connectivity index (χ1) is 9.28. The van der Waals surface area contributed by atoms with E-state index in [0.717, 1.165) is 6.07 Å². The molecule has 20 heavy (non-hydrogen) atoms. The van der Waals surface area contributed by atoms with Gasteiger partial charge >= 0.3 is 5.97 Å². The van der Waals surface area contributed by atoms with Gasteiger partial charge in [-0.2, -0.15) is 5.10 Å². The van der Waals surface area contributed by atoms with Gasteiger partial charge in [0.1, 0.15) is 5.82 Å². The molecule has 1 aromatic heterocycles. The zero-order chi connectivity index (χ0) is 15.5. The number of fused-ring (bicyclic) bond motifs is 1. The molecule has 0 radical (unpaired) electrons. The Morgan fingerprint density at radius 3 is 2.50 bits per heavy atom. The van der Waals surface area contributed by atoms with Crippen LogP contribution >= 0.6 is 0 Å². The van der Waals surface area contributed by atoms with Crippen LogP contribution in [0.3, 0.4) is 0 Å². The maximum atomic E-state index is 13.1. The summed E-state index contributed by atoms with van der Waals surface area (Å²) in [6, 6.07) is 3.82. The highest BCUT2D eigenvalue weighted by atomic mass is 19.1. The van der Waals surface area contributed by atoms with Gasteiger partial charge in [-0.05, 0) is 32.0 Å². The maximum Gasteiger partial charge on any atom is 0.357 e. The van der Waals surface area contributed by atoms with Gasteiger partial charge in [-0.25, -0.2) is 9.18 Å². The molecule has 0 aliphatic rings. The highest BCUT2D eigenvalue weighted by Crippen LogP contribution is 2.21. The van der Waals surface area contributed by atoms with E-state index in [1.165, 1.54) is 16.8 Å². The van der Waals surface area contributed by atoms with Crippen molar-refractivity contribution >= 4 is 16.9 Å². The molecule has 0 spiro atoms. The van der Waals surface area contributed by atoms with E-state index >= 15 is 0 Å². The van der Waals surface area contributed by atoms with Crippen LogP contribution in [0.15, 0.2) is 18.2 Å². The summed E-state index contributed by atoms with van der Waals surface area (Å²) < 4.78 is 14.5. The molecule has 0 unspecified atom stereocenters. The summed E-state index contributed by atoms with van der Waals surface area (Å²) in [6.45, 7) is 7.30. The molecule has 0 bridgehead atoms. The fourth-order valence-electron chi connectivity index (χ4n) is 1.80. The number of carboxylic acid groups (broad SMARTS) is 1. The Bertz CT molecular complexity index is 615. The van der Waals surface area contributed by atoms with Crippen LogP contribution in [0.1, 0.15) is 38.2 Å². The molecule has 5 nitrogen and oxygen atoms in total. The molecular weight excluding hydrogens is 263 g/mol. The smallest absolute Gasteiger partial charge is 0.357 e. The molecule has 2 rings (SSSR count). The van der Waals surface area contributed by atoms with Gasteiger partial charge in [-0.15, -0.1) is 0 Å². The van der Waals surface area contributed by atoms with Crippen molar-refractivity contribution < 1.29 is 19.4 Å². The standard InChI is InChI=1S/C12H13FN2O3.C2H6/c1-12(2,18)6-15-9-4-3-7(13)5-8(9)10(14-15)11(16)17;1-2/h3-5,18H,6H2,1-2H3,(H,16,17);1-2H3. The minimum atomic E-state index is -1.22. The van der Waals surface area contributed by atoms with Crippen molar-refractivity contribution in [2.75, 3.05) is 0 Å². The highest BCUT2D eigenvalue weighted by molar-refractivity contribution is 6.01. The third-order valence-electron chi connectivity index (χ3n) is 2.45. The molecule has 2 aromatic rings. The number of nitrogens with zero attached hydrogens (tertiary/aromatic N) is 2. The molecule has 0 aliphatic heterocycles. The Balaban J connectivity index is 0.000000956. The predicted molar refractivity (Wildman–Crippen MR) is 74.3 cm³/mol. The van der Waals surface area contributed by atoms with Crippen molar-refractivity contribution in [1.82, 2.24) is 9.78 Å². The molecule has 0 atom stereocenters. The fraction of sp³-hybridized carbons (Fsp3) is 0.429. The van der Waals surface area contributed by atoms with Crippen molar-refractivity contribution in [3.8, 4) is 0 Å². The second kappa shape index (κ2) is 6.00. The van der Waals surface area contributed by atoms with E-state index in [-0.39, 0.29) is 17.6 Å². The van der Waals surface area contributed by atoms with Gasteiger partial charge in [0, 0.05) is 5.39 Å². The van der Waals surface area contributed by atoms with Gasteiger partial charge in [-0.3, -0.25) is 4.68 Å². The highest BCUT2D eigenvalue weighted by Gasteiger charge is 2.21. The summed E-state index contributed by atoms with van der Waals surface area (Å²) >= 11 is 0. The van der Waals surface area contributed by atoms with E-state index < -0.39 is 17.4 Å². The minimum Gasteiger partial charge on any atom is -0.476 e. The van der Waals surface area contributed by atoms with Crippen LogP contribution in [-0.2, 0) is 6.54 Å². The van der Waals surface area contributed by atoms with Crippen LogP contribution in [0, 0.1) is 5.82 Å². The first-order valence-electron chi connectivity index (χ1n) is 6.40. The van der Waals surface area contributed by atoms with Crippen LogP contribution in [0.4, 0.5) is 4.39 Å². The lowest BCUT2D eigenvalue weighted by Crippen LogP contribution is -2.26. The Kier molecular flexibility index (Phi) is 4.83. The SMILES string of the molecule is CC.CC(C)(O)Cn1nc(C(=O)O)c2cc(F)ccc21. The topological polar surface area (TPSA) is 75.3 Å². The minimum absolute atomic E-state index is 0.127. The summed E-state index contributed by atoms with van der Waals surface area (Å²) in [5, 5.41) is 22.9. The zero-order valence-corrected chi connectivity index (χ0v) is 12.0. The number of benzene rings is 1. The molecule has 0 saturated carbocycles. The average Bonchev–Trinajstić information content (AvgIpc) is 2.68. The molecule has 0 amide bonds. The van der Waals surface area contributed by atoms with E-state index in [2.05, 4.69) is 5.10 Å². The molecular formula is C14H19FN2O3. The zero-order valence-electron chi connectivity index (χ0n) is 12.0. The summed E-state index contributed by atoms with van der Waals surface area (Å²) in [6.07, 6.45) is 0. The van der Waals surface area contributed by atoms with E-state index in [1.807, 2.05) is 13.8 Å². The van der Waals surface area contributed by atoms with E-state index in [0.29, 0.717) is 5.52 Å². The lowest BCUT2D eigenvalue weighted by atomic mass is 10.1. The van der Waals surface area contributed by atoms with E-state index in [1.54, 1.807) is 13.8 Å². The third kappa shape index (κ3) is 3.54. The van der Waals surface area contributed by atoms with Gasteiger partial charge in [-0.1, -0.05) is 13.8 Å². The average molecular weight is 282 g/mol. The molecule has 110 valence electrons. The number of aromatic nitrogens is 2. The van der Waals surface area contributed by atoms with E-state index in [9.17, 15) is 14.3 Å². The molecule has 0 aliphatic carbocycles. The fourth-order valence-corrected chi connectivity index (χ4v) is 1.80. The van der Waals surface area contributed by atoms with Gasteiger partial charge in [0.25, 0.3) is 0 Å². The first kappa shape index (κ1) is 16.1. The largest absolute Gasteiger partial charge is 0.476 e. The van der Waals surface area contributed by atoms with Crippen molar-refractivity contribution in [3.63, 3.8) is 0 Å². The number of carboxylic acids is 1. The van der Waals surface area contributed by atoms with Crippen LogP contribution < -0.4 is 0 Å². The monoisotopic (exact) mass is 282 g/mol. The second-order valence-electron chi connectivity index (χ2n) is 4.79. The molecule has 1 aromatic carbocycles. The predicted octanol–water partition coefficient (Wildman–Crippen LogP) is 2.67. The van der Waals surface area contributed by atoms with Gasteiger partial charge in [0.2, 0.25) is 0 Å². The maximum absolute atomic E-state index is 13.1. The number of aliphatic hydroxyl groups is 1. The number of rotatable bonds is 3. The van der Waals surface area contributed by atoms with Crippen LogP contribution in [0.5, 0.6) is 0 Å². The van der Waals surface area contributed by atoms with Crippen molar-refractivity contribution in [1.29, 1.82) is 0 Å². The third-order valence-corrected chi connectivity index (χ3v) is 2.45. The summed E-state index contributed by atoms with van der Waals surface area (Å²) in [5.41, 5.74) is -0.770. The molecule has 1 heterocycles. The Morgan fingerprint density at radius 2 is 2.00 bits per heavy atom. The lowest BCUT2D eigenvalue weighted by Gasteiger charge is -2.17. The Hall–Kier alpha value is -1.95. The molecule has 6 heteroatoms. The van der Waals surface area contributed by atoms with Gasteiger partial charge in [0.05, 0.1) is 17.7 Å². The number of hydrogen-bond acceptors (Lipinski definition) is 3. The summed E-state index contributed by atoms with van der Waals surface area (Å²) in [7, 11) is 0. The summed E-state index contributed by atoms with van der Waals surface area (Å²) in [4.78, 5) is 11.0. The van der Waals surface area contributed by atoms with Crippen LogP contribution in [0.25, 0.3) is 10.9 Å². The Morgan fingerprint density at radius 1 is 1.40 bits per heavy atom. The number of hydrogen-bond donors (Lipinski definition) is 2.